The van der Waals surface area contributed by atoms with Crippen molar-refractivity contribution in [2.75, 3.05) is 17.2 Å². The summed E-state index contributed by atoms with van der Waals surface area (Å²) in [4.78, 5) is 6.62. The molecule has 2 N–H and O–H groups in total. The Balaban J connectivity index is 2.28. The molecule has 0 spiro atoms. The Bertz CT molecular complexity index is 374. The molecule has 0 saturated heterocycles. The lowest BCUT2D eigenvalue weighted by atomic mass is 10.3. The van der Waals surface area contributed by atoms with Crippen LogP contribution < -0.4 is 10.6 Å². The summed E-state index contributed by atoms with van der Waals surface area (Å²) >= 11 is 3.50. The number of aromatic nitrogens is 1. The van der Waals surface area contributed by atoms with Crippen molar-refractivity contribution in [1.29, 1.82) is 0 Å². The summed E-state index contributed by atoms with van der Waals surface area (Å²) < 4.78 is 0.955. The van der Waals surface area contributed by atoms with E-state index in [2.05, 4.69) is 32.4 Å². The predicted octanol–water partition coefficient (Wildman–Crippen LogP) is 2.58. The summed E-state index contributed by atoms with van der Waals surface area (Å²) in [5.74, 6) is 0.964. The van der Waals surface area contributed by atoms with Crippen LogP contribution in [0.1, 0.15) is 12.8 Å². The molecule has 0 amide bonds. The molecule has 1 aliphatic carbocycles. The first-order valence-electron chi connectivity index (χ1n) is 5.01. The zero-order valence-corrected chi connectivity index (χ0v) is 10.1. The van der Waals surface area contributed by atoms with Crippen LogP contribution in [0.3, 0.4) is 0 Å². The van der Waals surface area contributed by atoms with Gasteiger partial charge in [-0.05, 0) is 34.8 Å². The number of halogens is 1. The Kier molecular flexibility index (Phi) is 2.95. The normalized spacial score (nSPS) is 15.0. The minimum Gasteiger partial charge on any atom is -0.397 e. The second kappa shape index (κ2) is 4.23. The fraction of sp³-hybridized carbons (Fsp3) is 0.364. The number of hydrogen-bond acceptors (Lipinski definition) is 3. The summed E-state index contributed by atoms with van der Waals surface area (Å²) in [6, 6.07) is 2.51. The Labute approximate surface area is 98.1 Å². The standard InChI is InChI=1S/C11H14BrN3/c1-2-5-15(9-3-4-9)11-10(12)6-8(13)7-14-11/h2,6-7,9H,1,3-5,13H2. The van der Waals surface area contributed by atoms with Gasteiger partial charge in [-0.2, -0.15) is 0 Å². The zero-order valence-electron chi connectivity index (χ0n) is 8.49. The molecule has 80 valence electrons. The molecule has 0 unspecified atom stereocenters. The van der Waals surface area contributed by atoms with Gasteiger partial charge in [0.2, 0.25) is 0 Å². The molecule has 1 aromatic rings. The highest BCUT2D eigenvalue weighted by Crippen LogP contribution is 2.34. The number of rotatable bonds is 4. The smallest absolute Gasteiger partial charge is 0.143 e. The summed E-state index contributed by atoms with van der Waals surface area (Å²) in [7, 11) is 0. The van der Waals surface area contributed by atoms with Crippen LogP contribution in [0, 0.1) is 0 Å². The van der Waals surface area contributed by atoms with E-state index < -0.39 is 0 Å². The van der Waals surface area contributed by atoms with Crippen LogP contribution in [-0.4, -0.2) is 17.6 Å². The molecular formula is C11H14BrN3. The van der Waals surface area contributed by atoms with Gasteiger partial charge in [-0.3, -0.25) is 0 Å². The number of nitrogen functional groups attached to an aromatic ring is 1. The Morgan fingerprint density at radius 1 is 1.67 bits per heavy atom. The molecule has 1 saturated carbocycles. The summed E-state index contributed by atoms with van der Waals surface area (Å²) in [6.45, 7) is 4.61. The van der Waals surface area contributed by atoms with E-state index in [4.69, 9.17) is 5.73 Å². The Morgan fingerprint density at radius 3 is 2.93 bits per heavy atom. The van der Waals surface area contributed by atoms with Gasteiger partial charge in [-0.15, -0.1) is 6.58 Å². The Morgan fingerprint density at radius 2 is 2.40 bits per heavy atom. The van der Waals surface area contributed by atoms with Crippen LogP contribution in [0.2, 0.25) is 0 Å². The molecular weight excluding hydrogens is 254 g/mol. The van der Waals surface area contributed by atoms with Crippen molar-refractivity contribution in [3.63, 3.8) is 0 Å². The third-order valence-electron chi connectivity index (χ3n) is 2.43. The monoisotopic (exact) mass is 267 g/mol. The van der Waals surface area contributed by atoms with E-state index in [1.807, 2.05) is 12.1 Å². The largest absolute Gasteiger partial charge is 0.397 e. The van der Waals surface area contributed by atoms with E-state index in [1.165, 1.54) is 12.8 Å². The number of pyridine rings is 1. The van der Waals surface area contributed by atoms with Gasteiger partial charge in [0, 0.05) is 12.6 Å². The van der Waals surface area contributed by atoms with Crippen LogP contribution in [-0.2, 0) is 0 Å². The predicted molar refractivity (Wildman–Crippen MR) is 66.9 cm³/mol. The van der Waals surface area contributed by atoms with Crippen molar-refractivity contribution in [2.45, 2.75) is 18.9 Å². The first kappa shape index (κ1) is 10.5. The van der Waals surface area contributed by atoms with Gasteiger partial charge in [0.25, 0.3) is 0 Å². The van der Waals surface area contributed by atoms with E-state index in [1.54, 1.807) is 6.20 Å². The Hall–Kier alpha value is -1.03. The van der Waals surface area contributed by atoms with Gasteiger partial charge in [0.1, 0.15) is 5.82 Å². The fourth-order valence-corrected chi connectivity index (χ4v) is 2.19. The minimum atomic E-state index is 0.621. The van der Waals surface area contributed by atoms with Crippen molar-refractivity contribution < 1.29 is 0 Å². The van der Waals surface area contributed by atoms with Gasteiger partial charge in [-0.25, -0.2) is 4.98 Å². The van der Waals surface area contributed by atoms with Gasteiger partial charge < -0.3 is 10.6 Å². The summed E-state index contributed by atoms with van der Waals surface area (Å²) in [6.07, 6.45) is 6.08. The molecule has 0 bridgehead atoms. The number of hydrogen-bond donors (Lipinski definition) is 1. The molecule has 1 heterocycles. The number of anilines is 2. The topological polar surface area (TPSA) is 42.2 Å². The highest BCUT2D eigenvalue weighted by molar-refractivity contribution is 9.10. The highest BCUT2D eigenvalue weighted by Gasteiger charge is 2.30. The summed E-state index contributed by atoms with van der Waals surface area (Å²) in [5, 5.41) is 0. The molecule has 15 heavy (non-hydrogen) atoms. The average Bonchev–Trinajstić information content (AvgIpc) is 2.98. The second-order valence-electron chi connectivity index (χ2n) is 3.75. The highest BCUT2D eigenvalue weighted by atomic mass is 79.9. The third kappa shape index (κ3) is 2.31. The summed E-state index contributed by atoms with van der Waals surface area (Å²) in [5.41, 5.74) is 6.34. The van der Waals surface area contributed by atoms with E-state index in [9.17, 15) is 0 Å². The molecule has 0 aromatic carbocycles. The maximum atomic E-state index is 5.66. The minimum absolute atomic E-state index is 0.621. The third-order valence-corrected chi connectivity index (χ3v) is 3.01. The van der Waals surface area contributed by atoms with Gasteiger partial charge in [-0.1, -0.05) is 6.08 Å². The van der Waals surface area contributed by atoms with Crippen LogP contribution in [0.15, 0.2) is 29.4 Å². The molecule has 4 heteroatoms. The SMILES string of the molecule is C=CCN(c1ncc(N)cc1Br)C1CC1. The van der Waals surface area contributed by atoms with E-state index in [0.29, 0.717) is 11.7 Å². The lowest BCUT2D eigenvalue weighted by Crippen LogP contribution is -2.26. The van der Waals surface area contributed by atoms with Crippen molar-refractivity contribution >= 4 is 27.4 Å². The lowest BCUT2D eigenvalue weighted by molar-refractivity contribution is 0.838. The molecule has 1 aromatic heterocycles. The van der Waals surface area contributed by atoms with Crippen molar-refractivity contribution in [3.05, 3.63) is 29.4 Å². The molecule has 1 aliphatic rings. The molecule has 2 rings (SSSR count). The molecule has 1 fully saturated rings. The number of nitrogens with zero attached hydrogens (tertiary/aromatic N) is 2. The fourth-order valence-electron chi connectivity index (χ4n) is 1.59. The molecule has 0 atom stereocenters. The van der Waals surface area contributed by atoms with E-state index in [-0.39, 0.29) is 0 Å². The molecule has 3 nitrogen and oxygen atoms in total. The maximum absolute atomic E-state index is 5.66. The first-order chi connectivity index (χ1) is 7.22. The van der Waals surface area contributed by atoms with Gasteiger partial charge in [0.15, 0.2) is 0 Å². The van der Waals surface area contributed by atoms with Crippen LogP contribution >= 0.6 is 15.9 Å². The van der Waals surface area contributed by atoms with Gasteiger partial charge in [0.05, 0.1) is 16.4 Å². The van der Waals surface area contributed by atoms with E-state index >= 15 is 0 Å². The lowest BCUT2D eigenvalue weighted by Gasteiger charge is -2.22. The first-order valence-corrected chi connectivity index (χ1v) is 5.80. The quantitative estimate of drug-likeness (QED) is 0.853. The zero-order chi connectivity index (χ0) is 10.8. The molecule has 0 radical (unpaired) electrons. The molecule has 0 aliphatic heterocycles. The van der Waals surface area contributed by atoms with Crippen LogP contribution in [0.5, 0.6) is 0 Å². The average molecular weight is 268 g/mol. The number of nitrogens with two attached hydrogens (primary N) is 1. The second-order valence-corrected chi connectivity index (χ2v) is 4.60. The van der Waals surface area contributed by atoms with Crippen LogP contribution in [0.25, 0.3) is 0 Å². The van der Waals surface area contributed by atoms with Crippen molar-refractivity contribution in [2.24, 2.45) is 0 Å². The van der Waals surface area contributed by atoms with E-state index in [0.717, 1.165) is 16.8 Å². The van der Waals surface area contributed by atoms with Crippen molar-refractivity contribution in [3.8, 4) is 0 Å². The van der Waals surface area contributed by atoms with Crippen LogP contribution in [0.4, 0.5) is 11.5 Å². The van der Waals surface area contributed by atoms with Gasteiger partial charge >= 0.3 is 0 Å². The maximum Gasteiger partial charge on any atom is 0.143 e. The van der Waals surface area contributed by atoms with Crippen molar-refractivity contribution in [1.82, 2.24) is 4.98 Å².